The molecule has 1 N–H and O–H groups in total. The summed E-state index contributed by atoms with van der Waals surface area (Å²) in [5.74, 6) is -0.592. The number of anilines is 1. The van der Waals surface area contributed by atoms with E-state index in [0.29, 0.717) is 23.4 Å². The van der Waals surface area contributed by atoms with Gasteiger partial charge in [-0.25, -0.2) is 4.79 Å². The smallest absolute Gasteiger partial charge is 0.344 e. The van der Waals surface area contributed by atoms with Gasteiger partial charge in [0.1, 0.15) is 5.75 Å². The molecule has 0 spiro atoms. The first kappa shape index (κ1) is 21.2. The third-order valence-electron chi connectivity index (χ3n) is 4.16. The van der Waals surface area contributed by atoms with Gasteiger partial charge in [0.05, 0.1) is 0 Å². The van der Waals surface area contributed by atoms with E-state index in [1.54, 1.807) is 43.3 Å². The molecule has 148 valence electrons. The standard InChI is InChI=1S/C22H25NO5/c1-4-16-6-10-18(11-7-16)23-22(26)15(3)28-21(25)14-27-19-12-8-17(9-13-19)20(24)5-2/h6-13,15H,4-5,14H2,1-3H3,(H,23,26). The zero-order chi connectivity index (χ0) is 20.5. The van der Waals surface area contributed by atoms with Crippen molar-refractivity contribution in [2.45, 2.75) is 39.7 Å². The summed E-state index contributed by atoms with van der Waals surface area (Å²) in [6.45, 7) is 5.01. The Bertz CT molecular complexity index is 812. The zero-order valence-electron chi connectivity index (χ0n) is 16.4. The van der Waals surface area contributed by atoms with Gasteiger partial charge in [0.15, 0.2) is 18.5 Å². The first-order valence-electron chi connectivity index (χ1n) is 9.28. The molecular formula is C22H25NO5. The van der Waals surface area contributed by atoms with E-state index in [9.17, 15) is 14.4 Å². The summed E-state index contributed by atoms with van der Waals surface area (Å²) in [5, 5.41) is 2.71. The van der Waals surface area contributed by atoms with Gasteiger partial charge < -0.3 is 14.8 Å². The van der Waals surface area contributed by atoms with Gasteiger partial charge in [-0.05, 0) is 55.3 Å². The maximum absolute atomic E-state index is 12.1. The van der Waals surface area contributed by atoms with Gasteiger partial charge >= 0.3 is 5.97 Å². The molecule has 1 amide bonds. The Hall–Kier alpha value is -3.15. The predicted octanol–water partition coefficient (Wildman–Crippen LogP) is 3.79. The van der Waals surface area contributed by atoms with E-state index in [4.69, 9.17) is 9.47 Å². The summed E-state index contributed by atoms with van der Waals surface area (Å²) >= 11 is 0. The van der Waals surface area contributed by atoms with E-state index in [1.807, 2.05) is 12.1 Å². The molecule has 1 atom stereocenters. The molecule has 0 aromatic heterocycles. The number of carbonyl (C=O) groups excluding carboxylic acids is 3. The van der Waals surface area contributed by atoms with Crippen molar-refractivity contribution in [2.24, 2.45) is 0 Å². The fourth-order valence-corrected chi connectivity index (χ4v) is 2.44. The van der Waals surface area contributed by atoms with E-state index in [2.05, 4.69) is 12.2 Å². The van der Waals surface area contributed by atoms with Crippen LogP contribution in [0.2, 0.25) is 0 Å². The number of benzene rings is 2. The Kier molecular flexibility index (Phi) is 7.75. The van der Waals surface area contributed by atoms with Crippen molar-refractivity contribution in [3.8, 4) is 5.75 Å². The van der Waals surface area contributed by atoms with Crippen LogP contribution in [-0.2, 0) is 20.7 Å². The number of rotatable bonds is 9. The molecule has 0 bridgehead atoms. The van der Waals surface area contributed by atoms with Crippen LogP contribution < -0.4 is 10.1 Å². The van der Waals surface area contributed by atoms with Gasteiger partial charge in [-0.1, -0.05) is 26.0 Å². The highest BCUT2D eigenvalue weighted by molar-refractivity contribution is 5.96. The van der Waals surface area contributed by atoms with E-state index in [1.165, 1.54) is 12.5 Å². The fourth-order valence-electron chi connectivity index (χ4n) is 2.44. The van der Waals surface area contributed by atoms with Crippen LogP contribution in [0.25, 0.3) is 0 Å². The molecule has 2 aromatic rings. The van der Waals surface area contributed by atoms with E-state index < -0.39 is 18.0 Å². The normalized spacial score (nSPS) is 11.4. The fraction of sp³-hybridized carbons (Fsp3) is 0.318. The van der Waals surface area contributed by atoms with Crippen LogP contribution in [0.4, 0.5) is 5.69 Å². The van der Waals surface area contributed by atoms with Gasteiger partial charge in [0.2, 0.25) is 0 Å². The summed E-state index contributed by atoms with van der Waals surface area (Å²) < 4.78 is 10.4. The van der Waals surface area contributed by atoms with E-state index in [0.717, 1.165) is 6.42 Å². The third-order valence-corrected chi connectivity index (χ3v) is 4.16. The Morgan fingerprint density at radius 3 is 2.18 bits per heavy atom. The number of nitrogens with one attached hydrogen (secondary N) is 1. The summed E-state index contributed by atoms with van der Waals surface area (Å²) in [4.78, 5) is 35.6. The molecule has 28 heavy (non-hydrogen) atoms. The molecule has 2 rings (SSSR count). The number of ketones is 1. The molecule has 0 aliphatic rings. The first-order chi connectivity index (χ1) is 13.4. The highest BCUT2D eigenvalue weighted by Gasteiger charge is 2.18. The van der Waals surface area contributed by atoms with Gasteiger partial charge in [-0.2, -0.15) is 0 Å². The van der Waals surface area contributed by atoms with Gasteiger partial charge in [0, 0.05) is 17.7 Å². The van der Waals surface area contributed by atoms with Crippen LogP contribution in [0.3, 0.4) is 0 Å². The minimum Gasteiger partial charge on any atom is -0.482 e. The number of amides is 1. The molecule has 0 saturated carbocycles. The molecular weight excluding hydrogens is 358 g/mol. The minimum absolute atomic E-state index is 0.0372. The predicted molar refractivity (Wildman–Crippen MR) is 107 cm³/mol. The van der Waals surface area contributed by atoms with Crippen molar-refractivity contribution < 1.29 is 23.9 Å². The molecule has 0 saturated heterocycles. The van der Waals surface area contributed by atoms with Crippen molar-refractivity contribution in [1.82, 2.24) is 0 Å². The molecule has 0 aliphatic carbocycles. The minimum atomic E-state index is -0.952. The van der Waals surface area contributed by atoms with Gasteiger partial charge in [-0.15, -0.1) is 0 Å². The second kappa shape index (κ2) is 10.3. The number of hydrogen-bond acceptors (Lipinski definition) is 5. The molecule has 0 radical (unpaired) electrons. The van der Waals surface area contributed by atoms with Crippen LogP contribution in [0.15, 0.2) is 48.5 Å². The highest BCUT2D eigenvalue weighted by Crippen LogP contribution is 2.14. The zero-order valence-corrected chi connectivity index (χ0v) is 16.4. The van der Waals surface area contributed by atoms with Gasteiger partial charge in [0.25, 0.3) is 5.91 Å². The van der Waals surface area contributed by atoms with Crippen LogP contribution >= 0.6 is 0 Å². The maximum Gasteiger partial charge on any atom is 0.344 e. The van der Waals surface area contributed by atoms with Crippen molar-refractivity contribution in [2.75, 3.05) is 11.9 Å². The van der Waals surface area contributed by atoms with Gasteiger partial charge in [-0.3, -0.25) is 9.59 Å². The number of carbonyl (C=O) groups is 3. The quantitative estimate of drug-likeness (QED) is 0.526. The Morgan fingerprint density at radius 1 is 0.964 bits per heavy atom. The van der Waals surface area contributed by atoms with Crippen LogP contribution in [0.1, 0.15) is 43.1 Å². The topological polar surface area (TPSA) is 81.7 Å². The molecule has 0 aliphatic heterocycles. The van der Waals surface area contributed by atoms with E-state index in [-0.39, 0.29) is 12.4 Å². The van der Waals surface area contributed by atoms with Crippen LogP contribution in [-0.4, -0.2) is 30.4 Å². The second-order valence-electron chi connectivity index (χ2n) is 6.26. The third kappa shape index (κ3) is 6.23. The Morgan fingerprint density at radius 2 is 1.61 bits per heavy atom. The maximum atomic E-state index is 12.1. The molecule has 1 unspecified atom stereocenters. The Balaban J connectivity index is 1.79. The molecule has 2 aromatic carbocycles. The van der Waals surface area contributed by atoms with Crippen molar-refractivity contribution in [3.63, 3.8) is 0 Å². The lowest BCUT2D eigenvalue weighted by Crippen LogP contribution is -2.31. The highest BCUT2D eigenvalue weighted by atomic mass is 16.6. The summed E-state index contributed by atoms with van der Waals surface area (Å²) in [7, 11) is 0. The summed E-state index contributed by atoms with van der Waals surface area (Å²) in [6.07, 6.45) is 0.390. The molecule has 0 fully saturated rings. The van der Waals surface area contributed by atoms with Crippen LogP contribution in [0, 0.1) is 0 Å². The number of esters is 1. The van der Waals surface area contributed by atoms with Crippen molar-refractivity contribution in [1.29, 1.82) is 0 Å². The SMILES string of the molecule is CCC(=O)c1ccc(OCC(=O)OC(C)C(=O)Nc2ccc(CC)cc2)cc1. The monoisotopic (exact) mass is 383 g/mol. The van der Waals surface area contributed by atoms with Crippen molar-refractivity contribution >= 4 is 23.3 Å². The van der Waals surface area contributed by atoms with Crippen LogP contribution in [0.5, 0.6) is 5.75 Å². The van der Waals surface area contributed by atoms with E-state index >= 15 is 0 Å². The lowest BCUT2D eigenvalue weighted by atomic mass is 10.1. The summed E-state index contributed by atoms with van der Waals surface area (Å²) in [5.41, 5.74) is 2.40. The molecule has 6 nitrogen and oxygen atoms in total. The summed E-state index contributed by atoms with van der Waals surface area (Å²) in [6, 6.07) is 14.0. The number of Topliss-reactive ketones (excluding diaryl/α,β-unsaturated/α-hetero) is 1. The molecule has 0 heterocycles. The average molecular weight is 383 g/mol. The Labute approximate surface area is 164 Å². The molecule has 6 heteroatoms. The lowest BCUT2D eigenvalue weighted by Gasteiger charge is -2.14. The largest absolute Gasteiger partial charge is 0.482 e. The number of hydrogen-bond donors (Lipinski definition) is 1. The lowest BCUT2D eigenvalue weighted by molar-refractivity contribution is -0.155. The number of aryl methyl sites for hydroxylation is 1. The number of ether oxygens (including phenoxy) is 2. The average Bonchev–Trinajstić information content (AvgIpc) is 2.72. The first-order valence-corrected chi connectivity index (χ1v) is 9.28. The second-order valence-corrected chi connectivity index (χ2v) is 6.26. The van der Waals surface area contributed by atoms with Crippen molar-refractivity contribution in [3.05, 3.63) is 59.7 Å².